The minimum absolute atomic E-state index is 0.0618. The highest BCUT2D eigenvalue weighted by Crippen LogP contribution is 2.25. The number of carbonyl (C=O) groups is 1. The van der Waals surface area contributed by atoms with Gasteiger partial charge in [-0.2, -0.15) is 0 Å². The molecule has 0 aliphatic heterocycles. The lowest BCUT2D eigenvalue weighted by molar-refractivity contribution is 0.102. The van der Waals surface area contributed by atoms with Crippen molar-refractivity contribution in [2.75, 3.05) is 5.32 Å². The van der Waals surface area contributed by atoms with Gasteiger partial charge in [0.25, 0.3) is 5.91 Å². The molecule has 0 unspecified atom stereocenters. The molecule has 0 radical (unpaired) electrons. The van der Waals surface area contributed by atoms with E-state index in [0.29, 0.717) is 15.2 Å². The number of halogens is 2. The maximum absolute atomic E-state index is 12.0. The van der Waals surface area contributed by atoms with E-state index < -0.39 is 15.9 Å². The average Bonchev–Trinajstić information content (AvgIpc) is 2.39. The maximum atomic E-state index is 12.0. The minimum Gasteiger partial charge on any atom is -0.320 e. The van der Waals surface area contributed by atoms with Gasteiger partial charge in [-0.3, -0.25) is 9.78 Å². The molecule has 0 aliphatic carbocycles. The number of amides is 1. The number of primary sulfonamides is 1. The zero-order valence-electron chi connectivity index (χ0n) is 10.4. The molecule has 6 nitrogen and oxygen atoms in total. The Bertz CT molecular complexity index is 811. The number of nitrogens with zero attached hydrogens (tertiary/aromatic N) is 1. The van der Waals surface area contributed by atoms with E-state index in [1.807, 2.05) is 0 Å². The molecule has 21 heavy (non-hydrogen) atoms. The van der Waals surface area contributed by atoms with Crippen molar-refractivity contribution < 1.29 is 13.2 Å². The first-order chi connectivity index (χ1) is 9.77. The van der Waals surface area contributed by atoms with Crippen molar-refractivity contribution in [1.82, 2.24) is 4.98 Å². The summed E-state index contributed by atoms with van der Waals surface area (Å²) in [6.45, 7) is 0. The van der Waals surface area contributed by atoms with Gasteiger partial charge in [0.05, 0.1) is 10.6 Å². The van der Waals surface area contributed by atoms with E-state index in [9.17, 15) is 13.2 Å². The topological polar surface area (TPSA) is 102 Å². The zero-order valence-corrected chi connectivity index (χ0v) is 13.5. The van der Waals surface area contributed by atoms with E-state index in [1.54, 1.807) is 6.07 Å². The van der Waals surface area contributed by atoms with Gasteiger partial charge in [-0.1, -0.05) is 11.6 Å². The van der Waals surface area contributed by atoms with Gasteiger partial charge in [0.15, 0.2) is 0 Å². The van der Waals surface area contributed by atoms with Gasteiger partial charge in [-0.05, 0) is 46.3 Å². The van der Waals surface area contributed by atoms with E-state index in [4.69, 9.17) is 16.7 Å². The standard InChI is InChI=1S/C12H9BrClN3O3S/c13-9-6-8(21(15,19)20)1-2-10(9)17-12(18)11-5-7(14)3-4-16-11/h1-6H,(H,17,18)(H2,15,19,20). The minimum atomic E-state index is -3.80. The number of aromatic nitrogens is 1. The first-order valence-electron chi connectivity index (χ1n) is 5.52. The number of hydrogen-bond donors (Lipinski definition) is 2. The first-order valence-corrected chi connectivity index (χ1v) is 8.24. The summed E-state index contributed by atoms with van der Waals surface area (Å²) >= 11 is 8.96. The average molecular weight is 391 g/mol. The van der Waals surface area contributed by atoms with Crippen LogP contribution in [-0.2, 0) is 10.0 Å². The lowest BCUT2D eigenvalue weighted by atomic mass is 10.3. The van der Waals surface area contributed by atoms with Crippen molar-refractivity contribution >= 4 is 49.1 Å². The molecular weight excluding hydrogens is 382 g/mol. The van der Waals surface area contributed by atoms with Gasteiger partial charge < -0.3 is 5.32 Å². The predicted octanol–water partition coefficient (Wildman–Crippen LogP) is 2.40. The number of nitrogens with one attached hydrogen (secondary N) is 1. The SMILES string of the molecule is NS(=O)(=O)c1ccc(NC(=O)c2cc(Cl)ccn2)c(Br)c1. The fraction of sp³-hybridized carbons (Fsp3) is 0. The molecule has 0 atom stereocenters. The molecule has 1 aromatic carbocycles. The van der Waals surface area contributed by atoms with Crippen LogP contribution in [0.5, 0.6) is 0 Å². The van der Waals surface area contributed by atoms with Crippen molar-refractivity contribution in [1.29, 1.82) is 0 Å². The largest absolute Gasteiger partial charge is 0.320 e. The molecule has 0 fully saturated rings. The van der Waals surface area contributed by atoms with Gasteiger partial charge in [-0.25, -0.2) is 13.6 Å². The Morgan fingerprint density at radius 3 is 2.57 bits per heavy atom. The van der Waals surface area contributed by atoms with Crippen LogP contribution >= 0.6 is 27.5 Å². The molecule has 0 aliphatic rings. The van der Waals surface area contributed by atoms with Crippen LogP contribution in [-0.4, -0.2) is 19.3 Å². The molecule has 1 heterocycles. The van der Waals surface area contributed by atoms with Crippen molar-refractivity contribution in [2.24, 2.45) is 5.14 Å². The second kappa shape index (κ2) is 6.10. The van der Waals surface area contributed by atoms with E-state index in [2.05, 4.69) is 26.2 Å². The summed E-state index contributed by atoms with van der Waals surface area (Å²) in [4.78, 5) is 15.8. The molecule has 1 amide bonds. The Morgan fingerprint density at radius 2 is 2.00 bits per heavy atom. The van der Waals surface area contributed by atoms with Crippen molar-refractivity contribution in [2.45, 2.75) is 4.90 Å². The number of nitrogens with two attached hydrogens (primary N) is 1. The Hall–Kier alpha value is -1.48. The number of anilines is 1. The predicted molar refractivity (Wildman–Crippen MR) is 82.7 cm³/mol. The fourth-order valence-corrected chi connectivity index (χ4v) is 2.82. The maximum Gasteiger partial charge on any atom is 0.274 e. The summed E-state index contributed by atoms with van der Waals surface area (Å²) in [6, 6.07) is 6.99. The molecule has 1 aromatic heterocycles. The molecule has 3 N–H and O–H groups in total. The van der Waals surface area contributed by atoms with Crippen LogP contribution < -0.4 is 10.5 Å². The van der Waals surface area contributed by atoms with Crippen LogP contribution in [0.2, 0.25) is 5.02 Å². The highest BCUT2D eigenvalue weighted by Gasteiger charge is 2.13. The van der Waals surface area contributed by atoms with Gasteiger partial charge in [0, 0.05) is 15.7 Å². The van der Waals surface area contributed by atoms with Crippen LogP contribution in [0.3, 0.4) is 0 Å². The van der Waals surface area contributed by atoms with Crippen LogP contribution in [0, 0.1) is 0 Å². The quantitative estimate of drug-likeness (QED) is 0.840. The molecule has 110 valence electrons. The van der Waals surface area contributed by atoms with Crippen LogP contribution in [0.4, 0.5) is 5.69 Å². The molecular formula is C12H9BrClN3O3S. The second-order valence-corrected chi connectivity index (χ2v) is 6.85. The Kier molecular flexibility index (Phi) is 4.62. The monoisotopic (exact) mass is 389 g/mol. The fourth-order valence-electron chi connectivity index (χ4n) is 1.49. The van der Waals surface area contributed by atoms with Crippen molar-refractivity contribution in [3.05, 3.63) is 51.7 Å². The molecule has 0 spiro atoms. The normalized spacial score (nSPS) is 11.2. The number of benzene rings is 1. The van der Waals surface area contributed by atoms with Crippen LogP contribution in [0.1, 0.15) is 10.5 Å². The summed E-state index contributed by atoms with van der Waals surface area (Å²) in [5.41, 5.74) is 0.527. The summed E-state index contributed by atoms with van der Waals surface area (Å²) in [5, 5.41) is 8.00. The number of carbonyl (C=O) groups excluding carboxylic acids is 1. The molecule has 9 heteroatoms. The van der Waals surface area contributed by atoms with Crippen LogP contribution in [0.15, 0.2) is 45.9 Å². The number of hydrogen-bond acceptors (Lipinski definition) is 4. The first kappa shape index (κ1) is 15.9. The highest BCUT2D eigenvalue weighted by molar-refractivity contribution is 9.10. The molecule has 0 saturated heterocycles. The molecule has 2 rings (SSSR count). The third-order valence-electron chi connectivity index (χ3n) is 2.47. The molecule has 2 aromatic rings. The van der Waals surface area contributed by atoms with Crippen molar-refractivity contribution in [3.63, 3.8) is 0 Å². The van der Waals surface area contributed by atoms with E-state index >= 15 is 0 Å². The lowest BCUT2D eigenvalue weighted by Gasteiger charge is -2.08. The zero-order chi connectivity index (χ0) is 15.6. The summed E-state index contributed by atoms with van der Waals surface area (Å²) in [7, 11) is -3.80. The van der Waals surface area contributed by atoms with Gasteiger partial charge in [-0.15, -0.1) is 0 Å². The summed E-state index contributed by atoms with van der Waals surface area (Å²) in [5.74, 6) is -0.471. The van der Waals surface area contributed by atoms with Crippen molar-refractivity contribution in [3.8, 4) is 0 Å². The second-order valence-electron chi connectivity index (χ2n) is 4.00. The highest BCUT2D eigenvalue weighted by atomic mass is 79.9. The van der Waals surface area contributed by atoms with E-state index in [0.717, 1.165) is 0 Å². The van der Waals surface area contributed by atoms with E-state index in [1.165, 1.54) is 30.5 Å². The van der Waals surface area contributed by atoms with E-state index in [-0.39, 0.29) is 10.6 Å². The third kappa shape index (κ3) is 4.01. The molecule has 0 saturated carbocycles. The third-order valence-corrected chi connectivity index (χ3v) is 4.27. The summed E-state index contributed by atoms with van der Waals surface area (Å²) in [6.07, 6.45) is 1.41. The lowest BCUT2D eigenvalue weighted by Crippen LogP contribution is -2.15. The molecule has 0 bridgehead atoms. The number of pyridine rings is 1. The Labute approximate surface area is 134 Å². The van der Waals surface area contributed by atoms with Crippen LogP contribution in [0.25, 0.3) is 0 Å². The van der Waals surface area contributed by atoms with Gasteiger partial charge in [0.1, 0.15) is 5.69 Å². The Morgan fingerprint density at radius 1 is 1.29 bits per heavy atom. The number of rotatable bonds is 3. The smallest absolute Gasteiger partial charge is 0.274 e. The van der Waals surface area contributed by atoms with Gasteiger partial charge in [0.2, 0.25) is 10.0 Å². The number of sulfonamides is 1. The Balaban J connectivity index is 2.26. The summed E-state index contributed by atoms with van der Waals surface area (Å²) < 4.78 is 22.8. The van der Waals surface area contributed by atoms with Gasteiger partial charge >= 0.3 is 0 Å².